The topological polar surface area (TPSA) is 17.8 Å². The number of rotatable bonds is 2. The summed E-state index contributed by atoms with van der Waals surface area (Å²) in [6.07, 6.45) is 7.73. The lowest BCUT2D eigenvalue weighted by atomic mass is 9.95. The zero-order chi connectivity index (χ0) is 12.6. The first-order valence-electron chi connectivity index (χ1n) is 6.99. The van der Waals surface area contributed by atoms with Crippen LogP contribution in [0.1, 0.15) is 83.8 Å². The molecule has 0 bridgehead atoms. The van der Waals surface area contributed by atoms with Crippen LogP contribution in [0.25, 0.3) is 0 Å². The zero-order valence-corrected chi connectivity index (χ0v) is 12.0. The van der Waals surface area contributed by atoms with Crippen molar-refractivity contribution in [1.82, 2.24) is 9.55 Å². The van der Waals surface area contributed by atoms with Crippen molar-refractivity contribution in [3.8, 4) is 0 Å². The summed E-state index contributed by atoms with van der Waals surface area (Å²) >= 11 is 0. The highest BCUT2D eigenvalue weighted by molar-refractivity contribution is 5.16. The normalized spacial score (nSPS) is 18.2. The van der Waals surface area contributed by atoms with Gasteiger partial charge in [-0.2, -0.15) is 0 Å². The van der Waals surface area contributed by atoms with Crippen molar-refractivity contribution in [3.63, 3.8) is 0 Å². The molecule has 1 aliphatic rings. The van der Waals surface area contributed by atoms with Crippen LogP contribution >= 0.6 is 0 Å². The molecule has 1 fully saturated rings. The Kier molecular flexibility index (Phi) is 3.33. The van der Waals surface area contributed by atoms with Gasteiger partial charge in [0.1, 0.15) is 5.82 Å². The molecule has 0 N–H and O–H groups in total. The number of hydrogen-bond donors (Lipinski definition) is 0. The Morgan fingerprint density at radius 1 is 1.24 bits per heavy atom. The fraction of sp³-hybridized carbons (Fsp3) is 0.800. The van der Waals surface area contributed by atoms with Gasteiger partial charge < -0.3 is 4.57 Å². The van der Waals surface area contributed by atoms with E-state index in [9.17, 15) is 0 Å². The minimum atomic E-state index is 0.140. The van der Waals surface area contributed by atoms with Crippen molar-refractivity contribution in [2.75, 3.05) is 0 Å². The predicted octanol–water partition coefficient (Wildman–Crippen LogP) is 4.42. The summed E-state index contributed by atoms with van der Waals surface area (Å²) in [6.45, 7) is 11.3. The molecular weight excluding hydrogens is 208 g/mol. The van der Waals surface area contributed by atoms with Gasteiger partial charge in [0, 0.05) is 23.6 Å². The summed E-state index contributed by atoms with van der Waals surface area (Å²) in [7, 11) is 0. The van der Waals surface area contributed by atoms with Gasteiger partial charge in [-0.1, -0.05) is 33.6 Å². The van der Waals surface area contributed by atoms with Crippen LogP contribution in [-0.4, -0.2) is 9.55 Å². The van der Waals surface area contributed by atoms with Crippen molar-refractivity contribution in [2.24, 2.45) is 0 Å². The molecule has 0 saturated heterocycles. The second-order valence-corrected chi connectivity index (χ2v) is 6.72. The van der Waals surface area contributed by atoms with Crippen LogP contribution in [0.15, 0.2) is 6.20 Å². The molecule has 1 aromatic heterocycles. The molecular formula is C15H26N2. The average molecular weight is 234 g/mol. The summed E-state index contributed by atoms with van der Waals surface area (Å²) in [5, 5.41) is 0. The summed E-state index contributed by atoms with van der Waals surface area (Å²) in [4.78, 5) is 4.95. The lowest BCUT2D eigenvalue weighted by Crippen LogP contribution is -2.19. The standard InChI is InChI=1S/C15H26N2/c1-11(2)17-10-13(12-8-6-7-9-12)16-14(17)15(3,4)5/h10-12H,6-9H2,1-5H3. The molecule has 0 unspecified atom stereocenters. The fourth-order valence-electron chi connectivity index (χ4n) is 2.78. The quantitative estimate of drug-likeness (QED) is 0.740. The van der Waals surface area contributed by atoms with E-state index in [0.29, 0.717) is 6.04 Å². The monoisotopic (exact) mass is 234 g/mol. The fourth-order valence-corrected chi connectivity index (χ4v) is 2.78. The first-order chi connectivity index (χ1) is 7.89. The molecule has 1 aliphatic carbocycles. The Balaban J connectivity index is 2.37. The lowest BCUT2D eigenvalue weighted by molar-refractivity contribution is 0.469. The Morgan fingerprint density at radius 3 is 2.24 bits per heavy atom. The van der Waals surface area contributed by atoms with Crippen molar-refractivity contribution in [2.45, 2.75) is 77.7 Å². The van der Waals surface area contributed by atoms with E-state index in [1.165, 1.54) is 37.2 Å². The van der Waals surface area contributed by atoms with Gasteiger partial charge >= 0.3 is 0 Å². The average Bonchev–Trinajstić information content (AvgIpc) is 2.85. The van der Waals surface area contributed by atoms with Gasteiger partial charge in [0.15, 0.2) is 0 Å². The highest BCUT2D eigenvalue weighted by Crippen LogP contribution is 2.35. The maximum atomic E-state index is 4.95. The van der Waals surface area contributed by atoms with Crippen molar-refractivity contribution >= 4 is 0 Å². The summed E-state index contributed by atoms with van der Waals surface area (Å²) in [5.41, 5.74) is 1.47. The molecule has 0 amide bonds. The molecule has 1 heterocycles. The van der Waals surface area contributed by atoms with Gasteiger partial charge in [-0.05, 0) is 26.7 Å². The van der Waals surface area contributed by atoms with E-state index in [0.717, 1.165) is 5.92 Å². The van der Waals surface area contributed by atoms with Crippen molar-refractivity contribution < 1.29 is 0 Å². The predicted molar refractivity (Wildman–Crippen MR) is 72.5 cm³/mol. The molecule has 17 heavy (non-hydrogen) atoms. The van der Waals surface area contributed by atoms with Gasteiger partial charge in [-0.25, -0.2) is 4.98 Å². The van der Waals surface area contributed by atoms with E-state index in [4.69, 9.17) is 4.98 Å². The number of hydrogen-bond acceptors (Lipinski definition) is 1. The lowest BCUT2D eigenvalue weighted by Gasteiger charge is -2.21. The van der Waals surface area contributed by atoms with E-state index in [-0.39, 0.29) is 5.41 Å². The number of imidazole rings is 1. The molecule has 0 aliphatic heterocycles. The van der Waals surface area contributed by atoms with Crippen LogP contribution in [0.5, 0.6) is 0 Å². The highest BCUT2D eigenvalue weighted by Gasteiger charge is 2.26. The molecule has 0 atom stereocenters. The molecule has 1 aromatic rings. The molecule has 96 valence electrons. The minimum Gasteiger partial charge on any atom is -0.332 e. The zero-order valence-electron chi connectivity index (χ0n) is 12.0. The molecule has 2 heteroatoms. The summed E-state index contributed by atoms with van der Waals surface area (Å²) in [6, 6.07) is 0.506. The van der Waals surface area contributed by atoms with E-state index in [1.807, 2.05) is 0 Å². The largest absolute Gasteiger partial charge is 0.332 e. The molecule has 0 spiro atoms. The van der Waals surface area contributed by atoms with Crippen molar-refractivity contribution in [3.05, 3.63) is 17.7 Å². The van der Waals surface area contributed by atoms with E-state index < -0.39 is 0 Å². The van der Waals surface area contributed by atoms with E-state index >= 15 is 0 Å². The molecule has 2 nitrogen and oxygen atoms in total. The summed E-state index contributed by atoms with van der Waals surface area (Å²) in [5.74, 6) is 1.96. The van der Waals surface area contributed by atoms with Crippen LogP contribution in [0, 0.1) is 0 Å². The van der Waals surface area contributed by atoms with Gasteiger partial charge in [0.2, 0.25) is 0 Å². The highest BCUT2D eigenvalue weighted by atomic mass is 15.1. The third-order valence-electron chi connectivity index (χ3n) is 3.75. The molecule has 0 radical (unpaired) electrons. The van der Waals surface area contributed by atoms with Crippen LogP contribution in [-0.2, 0) is 5.41 Å². The first-order valence-corrected chi connectivity index (χ1v) is 6.99. The molecule has 2 rings (SSSR count). The first kappa shape index (κ1) is 12.7. The van der Waals surface area contributed by atoms with Crippen LogP contribution in [0.2, 0.25) is 0 Å². The smallest absolute Gasteiger partial charge is 0.114 e. The van der Waals surface area contributed by atoms with Gasteiger partial charge in [-0.3, -0.25) is 0 Å². The van der Waals surface area contributed by atoms with Gasteiger partial charge in [0.25, 0.3) is 0 Å². The SMILES string of the molecule is CC(C)n1cc(C2CCCC2)nc1C(C)(C)C. The van der Waals surface area contributed by atoms with Gasteiger partial charge in [-0.15, -0.1) is 0 Å². The Morgan fingerprint density at radius 2 is 1.82 bits per heavy atom. The number of nitrogens with zero attached hydrogens (tertiary/aromatic N) is 2. The number of aromatic nitrogens is 2. The van der Waals surface area contributed by atoms with E-state index in [2.05, 4.69) is 45.4 Å². The van der Waals surface area contributed by atoms with Crippen molar-refractivity contribution in [1.29, 1.82) is 0 Å². The summed E-state index contributed by atoms with van der Waals surface area (Å²) < 4.78 is 2.37. The molecule has 1 saturated carbocycles. The maximum absolute atomic E-state index is 4.95. The molecule has 0 aromatic carbocycles. The Labute approximate surface area is 105 Å². The second-order valence-electron chi connectivity index (χ2n) is 6.72. The maximum Gasteiger partial charge on any atom is 0.114 e. The second kappa shape index (κ2) is 4.47. The van der Waals surface area contributed by atoms with Crippen LogP contribution < -0.4 is 0 Å². The van der Waals surface area contributed by atoms with E-state index in [1.54, 1.807) is 0 Å². The van der Waals surface area contributed by atoms with Gasteiger partial charge in [0.05, 0.1) is 5.69 Å². The Bertz CT molecular complexity index is 376. The third-order valence-corrected chi connectivity index (χ3v) is 3.75. The van der Waals surface area contributed by atoms with Crippen LogP contribution in [0.4, 0.5) is 0 Å². The Hall–Kier alpha value is -0.790. The minimum absolute atomic E-state index is 0.140. The third kappa shape index (κ3) is 2.56. The van der Waals surface area contributed by atoms with Crippen LogP contribution in [0.3, 0.4) is 0 Å².